The van der Waals surface area contributed by atoms with E-state index < -0.39 is 5.97 Å². The van der Waals surface area contributed by atoms with Crippen molar-refractivity contribution in [3.63, 3.8) is 0 Å². The molecular weight excluding hydrogens is 274 g/mol. The first-order valence-corrected chi connectivity index (χ1v) is 6.35. The van der Waals surface area contributed by atoms with E-state index in [4.69, 9.17) is 0 Å². The highest BCUT2D eigenvalue weighted by molar-refractivity contribution is 5.87. The van der Waals surface area contributed by atoms with E-state index in [2.05, 4.69) is 25.5 Å². The zero-order valence-electron chi connectivity index (χ0n) is 11.8. The topological polar surface area (TPSA) is 101 Å². The van der Waals surface area contributed by atoms with Crippen molar-refractivity contribution in [1.82, 2.24) is 20.1 Å². The summed E-state index contributed by atoms with van der Waals surface area (Å²) in [6.45, 7) is 0.676. The summed E-state index contributed by atoms with van der Waals surface area (Å²) in [5.74, 6) is -0.517. The number of ether oxygens (including phenoxy) is 1. The number of carbonyl (C=O) groups is 2. The standard InChI is InChI=1S/C13H17N5O3/c1-14-12(19)8-18-7-10(6-16-18)15-5-9-3-4-11(17-9)13(20)21-2/h3-4,6-7,15,17H,5,8H2,1-2H3,(H,14,19). The fraction of sp³-hybridized carbons (Fsp3) is 0.308. The Kier molecular flexibility index (Phi) is 4.60. The quantitative estimate of drug-likeness (QED) is 0.667. The first kappa shape index (κ1) is 14.6. The highest BCUT2D eigenvalue weighted by Gasteiger charge is 2.08. The van der Waals surface area contributed by atoms with Crippen LogP contribution in [0.1, 0.15) is 16.2 Å². The molecule has 0 spiro atoms. The number of aromatic amines is 1. The third-order valence-corrected chi connectivity index (χ3v) is 2.85. The van der Waals surface area contributed by atoms with E-state index in [0.717, 1.165) is 11.4 Å². The number of rotatable bonds is 6. The van der Waals surface area contributed by atoms with Crippen LogP contribution in [-0.4, -0.2) is 40.8 Å². The maximum atomic E-state index is 11.3. The van der Waals surface area contributed by atoms with Gasteiger partial charge in [0, 0.05) is 18.9 Å². The third-order valence-electron chi connectivity index (χ3n) is 2.85. The second-order valence-corrected chi connectivity index (χ2v) is 4.34. The Hall–Kier alpha value is -2.77. The van der Waals surface area contributed by atoms with Crippen molar-refractivity contribution in [3.8, 4) is 0 Å². The minimum atomic E-state index is -0.403. The number of carbonyl (C=O) groups excluding carboxylic acids is 2. The van der Waals surface area contributed by atoms with Gasteiger partial charge in [0.1, 0.15) is 12.2 Å². The second kappa shape index (κ2) is 6.60. The number of anilines is 1. The van der Waals surface area contributed by atoms with Crippen LogP contribution in [0.4, 0.5) is 5.69 Å². The molecule has 2 heterocycles. The van der Waals surface area contributed by atoms with Crippen molar-refractivity contribution in [1.29, 1.82) is 0 Å². The fourth-order valence-electron chi connectivity index (χ4n) is 1.74. The average Bonchev–Trinajstić information content (AvgIpc) is 3.13. The zero-order valence-corrected chi connectivity index (χ0v) is 11.8. The van der Waals surface area contributed by atoms with Crippen LogP contribution in [0.25, 0.3) is 0 Å². The van der Waals surface area contributed by atoms with E-state index in [1.807, 2.05) is 0 Å². The number of hydrogen-bond donors (Lipinski definition) is 3. The van der Waals surface area contributed by atoms with Gasteiger partial charge < -0.3 is 20.4 Å². The molecule has 0 fully saturated rings. The van der Waals surface area contributed by atoms with Crippen molar-refractivity contribution in [2.75, 3.05) is 19.5 Å². The number of likely N-dealkylation sites (N-methyl/N-ethyl adjacent to an activating group) is 1. The minimum absolute atomic E-state index is 0.114. The van der Waals surface area contributed by atoms with E-state index in [1.54, 1.807) is 31.6 Å². The Morgan fingerprint density at radius 2 is 2.24 bits per heavy atom. The molecule has 112 valence electrons. The summed E-state index contributed by atoms with van der Waals surface area (Å²) in [4.78, 5) is 25.5. The summed E-state index contributed by atoms with van der Waals surface area (Å²) in [7, 11) is 2.91. The lowest BCUT2D eigenvalue weighted by Crippen LogP contribution is -2.23. The highest BCUT2D eigenvalue weighted by atomic mass is 16.5. The summed E-state index contributed by atoms with van der Waals surface area (Å²) in [6.07, 6.45) is 3.37. The van der Waals surface area contributed by atoms with Crippen LogP contribution in [0, 0.1) is 0 Å². The van der Waals surface area contributed by atoms with Crippen LogP contribution in [0.15, 0.2) is 24.5 Å². The van der Waals surface area contributed by atoms with Crippen LogP contribution < -0.4 is 10.6 Å². The molecule has 2 rings (SSSR count). The predicted octanol–water partition coefficient (Wildman–Crippen LogP) is 0.356. The molecule has 0 aliphatic carbocycles. The smallest absolute Gasteiger partial charge is 0.354 e. The Balaban J connectivity index is 1.89. The van der Waals surface area contributed by atoms with Gasteiger partial charge in [-0.25, -0.2) is 4.79 Å². The zero-order chi connectivity index (χ0) is 15.2. The van der Waals surface area contributed by atoms with Gasteiger partial charge in [0.2, 0.25) is 5.91 Å². The third kappa shape index (κ3) is 3.85. The van der Waals surface area contributed by atoms with Gasteiger partial charge in [-0.1, -0.05) is 0 Å². The predicted molar refractivity (Wildman–Crippen MR) is 75.8 cm³/mol. The molecule has 0 aliphatic heterocycles. The molecule has 8 nitrogen and oxygen atoms in total. The van der Waals surface area contributed by atoms with Gasteiger partial charge in [0.15, 0.2) is 0 Å². The molecule has 0 saturated carbocycles. The van der Waals surface area contributed by atoms with Crippen molar-refractivity contribution < 1.29 is 14.3 Å². The van der Waals surface area contributed by atoms with Crippen molar-refractivity contribution in [3.05, 3.63) is 35.9 Å². The molecule has 0 bridgehead atoms. The van der Waals surface area contributed by atoms with Gasteiger partial charge >= 0.3 is 5.97 Å². The molecule has 0 saturated heterocycles. The van der Waals surface area contributed by atoms with Gasteiger partial charge in [-0.3, -0.25) is 9.48 Å². The number of esters is 1. The molecule has 3 N–H and O–H groups in total. The van der Waals surface area contributed by atoms with Gasteiger partial charge in [0.25, 0.3) is 0 Å². The minimum Gasteiger partial charge on any atom is -0.464 e. The summed E-state index contributed by atoms with van der Waals surface area (Å²) >= 11 is 0. The van der Waals surface area contributed by atoms with E-state index in [1.165, 1.54) is 11.8 Å². The fourth-order valence-corrected chi connectivity index (χ4v) is 1.74. The van der Waals surface area contributed by atoms with E-state index >= 15 is 0 Å². The number of H-pyrrole nitrogens is 1. The van der Waals surface area contributed by atoms with Crippen LogP contribution in [-0.2, 0) is 22.6 Å². The van der Waals surface area contributed by atoms with Gasteiger partial charge in [-0.15, -0.1) is 0 Å². The largest absolute Gasteiger partial charge is 0.464 e. The lowest BCUT2D eigenvalue weighted by molar-refractivity contribution is -0.121. The van der Waals surface area contributed by atoms with Crippen LogP contribution in [0.2, 0.25) is 0 Å². The number of amides is 1. The van der Waals surface area contributed by atoms with E-state index in [0.29, 0.717) is 12.2 Å². The number of methoxy groups -OCH3 is 1. The summed E-state index contributed by atoms with van der Waals surface area (Å²) in [5, 5.41) is 9.75. The van der Waals surface area contributed by atoms with E-state index in [-0.39, 0.29) is 12.5 Å². The SMILES string of the molecule is CNC(=O)Cn1cc(NCc2ccc(C(=O)OC)[nH]2)cn1. The average molecular weight is 291 g/mol. The second-order valence-electron chi connectivity index (χ2n) is 4.34. The molecule has 1 amide bonds. The van der Waals surface area contributed by atoms with Gasteiger partial charge in [-0.05, 0) is 12.1 Å². The maximum Gasteiger partial charge on any atom is 0.354 e. The number of aromatic nitrogens is 3. The molecule has 0 atom stereocenters. The lowest BCUT2D eigenvalue weighted by atomic mass is 10.4. The van der Waals surface area contributed by atoms with Gasteiger partial charge in [0.05, 0.1) is 25.5 Å². The normalized spacial score (nSPS) is 10.2. The van der Waals surface area contributed by atoms with Crippen LogP contribution in [0.5, 0.6) is 0 Å². The number of nitrogens with zero attached hydrogens (tertiary/aromatic N) is 2. The summed E-state index contributed by atoms with van der Waals surface area (Å²) < 4.78 is 6.16. The van der Waals surface area contributed by atoms with E-state index in [9.17, 15) is 9.59 Å². The van der Waals surface area contributed by atoms with Gasteiger partial charge in [-0.2, -0.15) is 5.10 Å². The lowest BCUT2D eigenvalue weighted by Gasteiger charge is -2.02. The molecule has 8 heteroatoms. The van der Waals surface area contributed by atoms with Crippen LogP contribution in [0.3, 0.4) is 0 Å². The maximum absolute atomic E-state index is 11.3. The van der Waals surface area contributed by atoms with Crippen molar-refractivity contribution in [2.45, 2.75) is 13.1 Å². The Morgan fingerprint density at radius 3 is 2.95 bits per heavy atom. The highest BCUT2D eigenvalue weighted by Crippen LogP contribution is 2.09. The molecule has 21 heavy (non-hydrogen) atoms. The molecule has 2 aromatic heterocycles. The molecule has 0 aromatic carbocycles. The molecule has 0 radical (unpaired) electrons. The van der Waals surface area contributed by atoms with Crippen LogP contribution >= 0.6 is 0 Å². The molecular formula is C13H17N5O3. The summed E-state index contributed by atoms with van der Waals surface area (Å²) in [5.41, 5.74) is 2.03. The molecule has 2 aromatic rings. The Bertz CT molecular complexity index is 631. The molecule has 0 unspecified atom stereocenters. The first-order chi connectivity index (χ1) is 10.1. The molecule has 0 aliphatic rings. The number of hydrogen-bond acceptors (Lipinski definition) is 5. The monoisotopic (exact) mass is 291 g/mol. The summed E-state index contributed by atoms with van der Waals surface area (Å²) in [6, 6.07) is 3.46. The number of nitrogens with one attached hydrogen (secondary N) is 3. The Morgan fingerprint density at radius 1 is 1.43 bits per heavy atom. The van der Waals surface area contributed by atoms with Crippen molar-refractivity contribution in [2.24, 2.45) is 0 Å². The first-order valence-electron chi connectivity index (χ1n) is 6.35. The van der Waals surface area contributed by atoms with Crippen molar-refractivity contribution >= 4 is 17.6 Å². The Labute approximate surface area is 121 Å².